The molecule has 0 unspecified atom stereocenters. The van der Waals surface area contributed by atoms with E-state index in [2.05, 4.69) is 71.8 Å². The van der Waals surface area contributed by atoms with Crippen molar-refractivity contribution in [2.75, 3.05) is 37.1 Å². The molecule has 94 heavy (non-hydrogen) atoms. The third-order valence-corrected chi connectivity index (χ3v) is 16.6. The number of rotatable bonds is 14. The number of methoxy groups -OCH3 is 1. The molecule has 26 heteroatoms. The minimum Gasteiger partial charge on any atom is -0.870 e. The SMILES string of the molecule is C.CCOC(=O)c1c(C)nc(-c2c(O)cc3c(c2O)CCC3(C)C)nc1N.CCOC(=O)c1c(C)nc(-c2c(OC(C)=O)cc3c(c2OC(C)=O)CCC3(C)C)nc1NCc1ccc(OC)cc1.Cc1nc(-c2c(O)cc3c(c2O)CCC3(C)C)nc(N)c1C(=O)O.[Na+].[OH-]. The summed E-state index contributed by atoms with van der Waals surface area (Å²) in [6.45, 7) is 23.9. The number of phenols is 4. The van der Waals surface area contributed by atoms with E-state index in [0.717, 1.165) is 64.0 Å². The van der Waals surface area contributed by atoms with Crippen molar-refractivity contribution in [2.24, 2.45) is 0 Å². The van der Waals surface area contributed by atoms with Crippen LogP contribution in [0.1, 0.15) is 183 Å². The van der Waals surface area contributed by atoms with Crippen molar-refractivity contribution in [3.63, 3.8) is 0 Å². The van der Waals surface area contributed by atoms with Gasteiger partial charge in [0.1, 0.15) is 91.1 Å². The van der Waals surface area contributed by atoms with Crippen LogP contribution in [0.2, 0.25) is 0 Å². The number of hydrogen-bond donors (Lipinski definition) is 8. The number of carbonyl (C=O) groups excluding carboxylic acids is 4. The maximum atomic E-state index is 13.0. The van der Waals surface area contributed by atoms with Crippen molar-refractivity contribution < 1.29 is 108 Å². The van der Waals surface area contributed by atoms with Crippen molar-refractivity contribution in [1.29, 1.82) is 0 Å². The van der Waals surface area contributed by atoms with E-state index in [4.69, 9.17) is 45.2 Å². The fraction of sp³-hybridized carbons (Fsp3) is 0.397. The van der Waals surface area contributed by atoms with Gasteiger partial charge in [0, 0.05) is 20.4 Å². The van der Waals surface area contributed by atoms with Crippen molar-refractivity contribution in [2.45, 2.75) is 159 Å². The molecule has 3 aromatic heterocycles. The zero-order chi connectivity index (χ0) is 66.9. The molecule has 0 spiro atoms. The van der Waals surface area contributed by atoms with Crippen LogP contribution in [0, 0.1) is 20.8 Å². The summed E-state index contributed by atoms with van der Waals surface area (Å²) in [7, 11) is 1.60. The van der Waals surface area contributed by atoms with Gasteiger partial charge in [0.05, 0.1) is 37.4 Å². The Morgan fingerprint density at radius 3 is 1.39 bits per heavy atom. The van der Waals surface area contributed by atoms with Crippen LogP contribution in [0.25, 0.3) is 34.2 Å². The standard InChI is InChI=1S/C31H35N3O7.C19H23N3O4.C17H19N3O4.CH4.Na.H2O/c1-8-39-30(37)25-17(2)33-29(34-28(25)32-16-20-9-11-21(38-7)12-10-20)26-24(40-18(3)35)15-23-22(13-14-31(23,5)6)27(26)41-19(4)36;1-5-26-18(25)13-9(2)21-17(22-16(13)20)14-12(23)8-11-10(15(14)24)6-7-19(11,3)4;1-7-11(16(23)24)14(18)20-15(19-7)12-10(21)6-9-8(13(12)22)4-5-17(9,2)3;;;/h9-12,15H,8,13-14,16H2,1-7H3,(H,32,33,34);8,23-24H,5-7H2,1-4H3,(H2,20,21,22);6,21-22H,4-5H2,1-3H3,(H,23,24)(H2,18,19,20);1H4;;1H2/q;;;;+1;/p-1. The molecule has 496 valence electrons. The van der Waals surface area contributed by atoms with Crippen LogP contribution in [-0.2, 0) is 61.1 Å². The first-order chi connectivity index (χ1) is 42.7. The van der Waals surface area contributed by atoms with Gasteiger partial charge < -0.3 is 71.5 Å². The fourth-order valence-electron chi connectivity index (χ4n) is 11.8. The number of aromatic carboxylic acids is 1. The molecule has 4 aromatic carbocycles. The second kappa shape index (κ2) is 29.8. The Morgan fingerprint density at radius 2 is 0.979 bits per heavy atom. The largest absolute Gasteiger partial charge is 1.00 e. The predicted molar refractivity (Wildman–Crippen MR) is 347 cm³/mol. The average molecular weight is 1300 g/mol. The number of aromatic nitrogens is 6. The first-order valence-corrected chi connectivity index (χ1v) is 29.6. The molecule has 10 rings (SSSR count). The molecule has 7 aromatic rings. The third kappa shape index (κ3) is 15.4. The Morgan fingerprint density at radius 1 is 0.574 bits per heavy atom. The fourth-order valence-corrected chi connectivity index (χ4v) is 11.8. The Balaban J connectivity index is 0.000000264. The number of ether oxygens (including phenoxy) is 5. The molecular formula is C68H82N9NaO16. The van der Waals surface area contributed by atoms with Gasteiger partial charge in [0.15, 0.2) is 17.5 Å². The van der Waals surface area contributed by atoms with Crippen LogP contribution >= 0.6 is 0 Å². The number of phenolic OH excluding ortho intramolecular Hbond substituents is 4. The summed E-state index contributed by atoms with van der Waals surface area (Å²) in [5.41, 5.74) is 18.6. The summed E-state index contributed by atoms with van der Waals surface area (Å²) in [6.07, 6.45) is 4.60. The second-order valence-electron chi connectivity index (χ2n) is 24.3. The first kappa shape index (κ1) is 75.5. The molecule has 0 saturated carbocycles. The third-order valence-electron chi connectivity index (χ3n) is 16.6. The Labute approximate surface area is 567 Å². The molecule has 3 heterocycles. The van der Waals surface area contributed by atoms with Gasteiger partial charge in [-0.1, -0.05) is 61.1 Å². The van der Waals surface area contributed by atoms with Crippen LogP contribution in [-0.4, -0.2) is 111 Å². The van der Waals surface area contributed by atoms with E-state index in [9.17, 15) is 44.4 Å². The number of carboxylic acids is 1. The van der Waals surface area contributed by atoms with Crippen molar-refractivity contribution in [1.82, 2.24) is 29.9 Å². The van der Waals surface area contributed by atoms with Crippen molar-refractivity contribution >= 4 is 47.3 Å². The molecule has 3 aliphatic carbocycles. The van der Waals surface area contributed by atoms with Crippen molar-refractivity contribution in [3.8, 4) is 74.4 Å². The summed E-state index contributed by atoms with van der Waals surface area (Å²) in [5, 5.41) is 54.7. The van der Waals surface area contributed by atoms with E-state index in [1.54, 1.807) is 53.0 Å². The number of carboxylic acid groups (broad SMARTS) is 1. The molecule has 0 radical (unpaired) electrons. The number of anilines is 3. The molecule has 0 saturated heterocycles. The number of nitrogens with one attached hydrogen (secondary N) is 1. The van der Waals surface area contributed by atoms with E-state index in [1.165, 1.54) is 20.8 Å². The molecule has 25 nitrogen and oxygen atoms in total. The maximum Gasteiger partial charge on any atom is 1.00 e. The van der Waals surface area contributed by atoms with E-state index in [1.807, 2.05) is 24.3 Å². The van der Waals surface area contributed by atoms with Crippen LogP contribution < -0.4 is 60.6 Å². The average Bonchev–Trinajstić information content (AvgIpc) is 1.48. The summed E-state index contributed by atoms with van der Waals surface area (Å²) >= 11 is 0. The minimum absolute atomic E-state index is 0. The maximum absolute atomic E-state index is 13.0. The molecule has 0 fully saturated rings. The molecule has 3 aliphatic rings. The molecular weight excluding hydrogens is 1220 g/mol. The molecule has 0 amide bonds. The topological polar surface area (TPSA) is 404 Å². The van der Waals surface area contributed by atoms with Gasteiger partial charge >= 0.3 is 59.4 Å². The van der Waals surface area contributed by atoms with E-state index in [0.29, 0.717) is 37.2 Å². The first-order valence-electron chi connectivity index (χ1n) is 29.6. The predicted octanol–water partition coefficient (Wildman–Crippen LogP) is 8.00. The Hall–Kier alpha value is -9.17. The Kier molecular flexibility index (Phi) is 24.0. The molecule has 0 aliphatic heterocycles. The van der Waals surface area contributed by atoms with Gasteiger partial charge in [-0.15, -0.1) is 0 Å². The zero-order valence-corrected chi connectivity index (χ0v) is 57.0. The number of esters is 4. The number of aromatic hydroxyl groups is 4. The number of hydrogen-bond acceptors (Lipinski definition) is 24. The number of carbonyl (C=O) groups is 5. The molecule has 11 N–H and O–H groups in total. The zero-order valence-electron chi connectivity index (χ0n) is 55.0. The van der Waals surface area contributed by atoms with E-state index in [-0.39, 0.29) is 180 Å². The number of fused-ring (bicyclic) bond motifs is 3. The van der Waals surface area contributed by atoms with Crippen LogP contribution in [0.3, 0.4) is 0 Å². The van der Waals surface area contributed by atoms with Crippen LogP contribution in [0.15, 0.2) is 42.5 Å². The monoisotopic (exact) mass is 1300 g/mol. The van der Waals surface area contributed by atoms with Crippen molar-refractivity contribution in [3.05, 3.63) is 115 Å². The minimum atomic E-state index is -1.22. The van der Waals surface area contributed by atoms with Gasteiger partial charge in [0.2, 0.25) is 0 Å². The van der Waals surface area contributed by atoms with Gasteiger partial charge in [0.25, 0.3) is 0 Å². The van der Waals surface area contributed by atoms with Gasteiger partial charge in [-0.05, 0) is 159 Å². The smallest absolute Gasteiger partial charge is 0.870 e. The summed E-state index contributed by atoms with van der Waals surface area (Å²) in [6, 6.07) is 12.5. The normalized spacial score (nSPS) is 13.8. The van der Waals surface area contributed by atoms with E-state index >= 15 is 0 Å². The molecule has 0 atom stereocenters. The van der Waals surface area contributed by atoms with Crippen LogP contribution in [0.4, 0.5) is 17.5 Å². The number of benzene rings is 4. The summed E-state index contributed by atoms with van der Waals surface area (Å²) < 4.78 is 26.9. The quantitative estimate of drug-likeness (QED) is 0.0290. The van der Waals surface area contributed by atoms with Gasteiger partial charge in [-0.2, -0.15) is 0 Å². The summed E-state index contributed by atoms with van der Waals surface area (Å²) in [4.78, 5) is 86.5. The Bertz CT molecular complexity index is 4050. The van der Waals surface area contributed by atoms with E-state index < -0.39 is 29.8 Å². The number of nitrogen functional groups attached to an aromatic ring is 2. The number of nitrogens with zero attached hydrogens (tertiary/aromatic N) is 6. The van der Waals surface area contributed by atoms with Gasteiger partial charge in [-0.25, -0.2) is 44.3 Å². The van der Waals surface area contributed by atoms with Gasteiger partial charge in [-0.3, -0.25) is 9.59 Å². The number of nitrogens with two attached hydrogens (primary N) is 2. The number of aryl methyl sites for hydroxylation is 3. The van der Waals surface area contributed by atoms with Crippen LogP contribution in [0.5, 0.6) is 40.2 Å². The molecule has 0 bridgehead atoms. The summed E-state index contributed by atoms with van der Waals surface area (Å²) in [5.74, 6) is -2.51. The second-order valence-corrected chi connectivity index (χ2v) is 24.3.